The van der Waals surface area contributed by atoms with Crippen molar-refractivity contribution >= 4 is 17.4 Å². The molecule has 0 aliphatic heterocycles. The molecule has 136 valence electrons. The van der Waals surface area contributed by atoms with Gasteiger partial charge >= 0.3 is 0 Å². The molecule has 1 amide bonds. The van der Waals surface area contributed by atoms with Crippen LogP contribution in [0.15, 0.2) is 30.6 Å². The highest BCUT2D eigenvalue weighted by molar-refractivity contribution is 5.99. The van der Waals surface area contributed by atoms with E-state index in [2.05, 4.69) is 25.7 Å². The third-order valence-electron chi connectivity index (χ3n) is 3.66. The van der Waals surface area contributed by atoms with E-state index in [4.69, 9.17) is 0 Å². The topological polar surface area (TPSA) is 80.5 Å². The number of nitrogens with one attached hydrogen (secondary N) is 2. The maximum Gasteiger partial charge on any atom is 0.280 e. The second-order valence-electron chi connectivity index (χ2n) is 5.43. The number of benzene rings is 1. The van der Waals surface area contributed by atoms with Crippen molar-refractivity contribution in [2.24, 2.45) is 0 Å². The third-order valence-corrected chi connectivity index (χ3v) is 3.66. The summed E-state index contributed by atoms with van der Waals surface area (Å²) in [6.45, 7) is 1.53. The molecular formula is C16H14F3N5O2. The summed E-state index contributed by atoms with van der Waals surface area (Å²) in [5.74, 6) is -3.58. The predicted octanol–water partition coefficient (Wildman–Crippen LogP) is 2.61. The molecule has 10 heteroatoms. The number of carbonyl (C=O) groups excluding carboxylic acids is 1. The highest BCUT2D eigenvalue weighted by Crippen LogP contribution is 2.24. The molecule has 26 heavy (non-hydrogen) atoms. The second kappa shape index (κ2) is 7.00. The summed E-state index contributed by atoms with van der Waals surface area (Å²) in [5.41, 5.74) is 2.36. The molecule has 3 rings (SSSR count). The molecule has 2 N–H and O–H groups in total. The fourth-order valence-electron chi connectivity index (χ4n) is 2.45. The predicted molar refractivity (Wildman–Crippen MR) is 85.8 cm³/mol. The van der Waals surface area contributed by atoms with Crippen molar-refractivity contribution in [3.63, 3.8) is 0 Å². The molecule has 0 fully saturated rings. The van der Waals surface area contributed by atoms with Gasteiger partial charge in [0, 0.05) is 17.8 Å². The van der Waals surface area contributed by atoms with Gasteiger partial charge in [0.15, 0.2) is 17.3 Å². The summed E-state index contributed by atoms with van der Waals surface area (Å²) in [6.07, 6.45) is 2.84. The molecule has 0 aliphatic carbocycles. The van der Waals surface area contributed by atoms with Crippen molar-refractivity contribution in [3.05, 3.63) is 59.2 Å². The first-order chi connectivity index (χ1) is 12.4. The molecule has 0 saturated heterocycles. The number of carbonyl (C=O) groups is 1. The molecule has 0 spiro atoms. The molecular weight excluding hydrogens is 351 g/mol. The lowest BCUT2D eigenvalue weighted by atomic mass is 10.1. The number of anilines is 1. The van der Waals surface area contributed by atoms with E-state index in [1.807, 2.05) is 0 Å². The molecule has 0 saturated carbocycles. The molecule has 3 aromatic rings. The molecule has 1 atom stereocenters. The summed E-state index contributed by atoms with van der Waals surface area (Å²) in [7, 11) is 1.29. The van der Waals surface area contributed by atoms with Crippen LogP contribution in [0.1, 0.15) is 28.9 Å². The largest absolute Gasteiger partial charge is 0.363 e. The Morgan fingerprint density at radius 1 is 1.31 bits per heavy atom. The molecule has 0 unspecified atom stereocenters. The van der Waals surface area contributed by atoms with Crippen LogP contribution in [-0.2, 0) is 4.84 Å². The van der Waals surface area contributed by atoms with Gasteiger partial charge in [-0.2, -0.15) is 5.10 Å². The van der Waals surface area contributed by atoms with E-state index in [1.54, 1.807) is 0 Å². The van der Waals surface area contributed by atoms with E-state index < -0.39 is 29.4 Å². The van der Waals surface area contributed by atoms with Crippen molar-refractivity contribution in [2.75, 3.05) is 12.4 Å². The Balaban J connectivity index is 1.91. The van der Waals surface area contributed by atoms with Crippen LogP contribution in [0, 0.1) is 17.5 Å². The van der Waals surface area contributed by atoms with Crippen molar-refractivity contribution in [1.29, 1.82) is 0 Å². The van der Waals surface area contributed by atoms with E-state index in [1.165, 1.54) is 37.0 Å². The van der Waals surface area contributed by atoms with E-state index in [0.717, 1.165) is 6.07 Å². The summed E-state index contributed by atoms with van der Waals surface area (Å²) in [5, 5.41) is 6.83. The summed E-state index contributed by atoms with van der Waals surface area (Å²) >= 11 is 0. The standard InChI is InChI=1S/C16H14F3N5O2/c1-8(10-5-9(17)6-12(18)14(10)19)21-13-3-4-24-15(22-13)11(7-20-24)16(25)23-26-2/h3-8H,1-2H3,(H,21,22)(H,23,25)/t8-/m1/s1. The van der Waals surface area contributed by atoms with E-state index >= 15 is 0 Å². The molecule has 2 aromatic heterocycles. The average Bonchev–Trinajstić information content (AvgIpc) is 3.01. The van der Waals surface area contributed by atoms with Gasteiger partial charge in [0.1, 0.15) is 17.2 Å². The van der Waals surface area contributed by atoms with Crippen LogP contribution in [0.4, 0.5) is 19.0 Å². The number of hydrogen-bond donors (Lipinski definition) is 2. The van der Waals surface area contributed by atoms with Crippen LogP contribution in [0.2, 0.25) is 0 Å². The Kier molecular flexibility index (Phi) is 4.76. The monoisotopic (exact) mass is 365 g/mol. The fourth-order valence-corrected chi connectivity index (χ4v) is 2.45. The van der Waals surface area contributed by atoms with Crippen LogP contribution < -0.4 is 10.8 Å². The second-order valence-corrected chi connectivity index (χ2v) is 5.43. The number of fused-ring (bicyclic) bond motifs is 1. The molecule has 2 heterocycles. The first-order valence-electron chi connectivity index (χ1n) is 7.49. The zero-order chi connectivity index (χ0) is 18.8. The number of hydrogen-bond acceptors (Lipinski definition) is 5. The van der Waals surface area contributed by atoms with E-state index in [9.17, 15) is 18.0 Å². The van der Waals surface area contributed by atoms with Gasteiger partial charge < -0.3 is 5.32 Å². The van der Waals surface area contributed by atoms with Gasteiger partial charge in [-0.25, -0.2) is 28.2 Å². The maximum atomic E-state index is 13.9. The lowest BCUT2D eigenvalue weighted by Gasteiger charge is -2.16. The number of amides is 1. The zero-order valence-corrected chi connectivity index (χ0v) is 13.8. The summed E-state index contributed by atoms with van der Waals surface area (Å²) in [4.78, 5) is 20.7. The number of aromatic nitrogens is 3. The minimum absolute atomic E-state index is 0.158. The Morgan fingerprint density at radius 3 is 2.81 bits per heavy atom. The lowest BCUT2D eigenvalue weighted by Crippen LogP contribution is -2.21. The SMILES string of the molecule is CONC(=O)c1cnn2ccc(N[C@H](C)c3cc(F)cc(F)c3F)nc12. The average molecular weight is 365 g/mol. The fraction of sp³-hybridized carbons (Fsp3) is 0.188. The Bertz CT molecular complexity index is 976. The summed E-state index contributed by atoms with van der Waals surface area (Å²) < 4.78 is 42.0. The van der Waals surface area contributed by atoms with E-state index in [-0.39, 0.29) is 22.6 Å². The molecule has 0 bridgehead atoms. The normalized spacial score (nSPS) is 12.2. The molecule has 0 radical (unpaired) electrons. The van der Waals surface area contributed by atoms with Crippen molar-refractivity contribution < 1.29 is 22.8 Å². The number of halogens is 3. The summed E-state index contributed by atoms with van der Waals surface area (Å²) in [6, 6.07) is 2.13. The Morgan fingerprint density at radius 2 is 2.08 bits per heavy atom. The lowest BCUT2D eigenvalue weighted by molar-refractivity contribution is 0.0539. The van der Waals surface area contributed by atoms with Crippen LogP contribution in [0.25, 0.3) is 5.65 Å². The minimum atomic E-state index is -1.27. The van der Waals surface area contributed by atoms with Crippen LogP contribution in [0.5, 0.6) is 0 Å². The van der Waals surface area contributed by atoms with Gasteiger partial charge in [-0.05, 0) is 19.1 Å². The van der Waals surface area contributed by atoms with Gasteiger partial charge in [-0.3, -0.25) is 9.63 Å². The smallest absolute Gasteiger partial charge is 0.280 e. The Labute approximate surface area is 145 Å². The van der Waals surface area contributed by atoms with Crippen LogP contribution in [-0.4, -0.2) is 27.6 Å². The quantitative estimate of drug-likeness (QED) is 0.537. The van der Waals surface area contributed by atoms with Gasteiger partial charge in [0.25, 0.3) is 5.91 Å². The zero-order valence-electron chi connectivity index (χ0n) is 13.8. The molecule has 7 nitrogen and oxygen atoms in total. The van der Waals surface area contributed by atoms with Gasteiger partial charge in [0.2, 0.25) is 0 Å². The Hall–Kier alpha value is -3.14. The maximum absolute atomic E-state index is 13.9. The van der Waals surface area contributed by atoms with Crippen molar-refractivity contribution in [1.82, 2.24) is 20.1 Å². The number of rotatable bonds is 5. The first-order valence-corrected chi connectivity index (χ1v) is 7.49. The third kappa shape index (κ3) is 3.31. The van der Waals surface area contributed by atoms with E-state index in [0.29, 0.717) is 6.07 Å². The van der Waals surface area contributed by atoms with Gasteiger partial charge in [0.05, 0.1) is 19.3 Å². The minimum Gasteiger partial charge on any atom is -0.363 e. The highest BCUT2D eigenvalue weighted by atomic mass is 19.2. The number of hydroxylamine groups is 1. The van der Waals surface area contributed by atoms with Crippen molar-refractivity contribution in [3.8, 4) is 0 Å². The number of nitrogens with zero attached hydrogens (tertiary/aromatic N) is 3. The van der Waals surface area contributed by atoms with Crippen LogP contribution >= 0.6 is 0 Å². The van der Waals surface area contributed by atoms with Crippen molar-refractivity contribution in [2.45, 2.75) is 13.0 Å². The first kappa shape index (κ1) is 17.7. The van der Waals surface area contributed by atoms with Crippen LogP contribution in [0.3, 0.4) is 0 Å². The highest BCUT2D eigenvalue weighted by Gasteiger charge is 2.18. The van der Waals surface area contributed by atoms with Gasteiger partial charge in [-0.15, -0.1) is 0 Å². The molecule has 0 aliphatic rings. The molecule has 1 aromatic carbocycles. The van der Waals surface area contributed by atoms with Gasteiger partial charge in [-0.1, -0.05) is 0 Å².